The van der Waals surface area contributed by atoms with E-state index in [0.29, 0.717) is 50.6 Å². The molecule has 0 spiro atoms. The van der Waals surface area contributed by atoms with E-state index in [2.05, 4.69) is 0 Å². The first kappa shape index (κ1) is 17.8. The molecule has 1 aromatic rings. The summed E-state index contributed by atoms with van der Waals surface area (Å²) in [7, 11) is -3.60. The van der Waals surface area contributed by atoms with Crippen molar-refractivity contribution in [3.63, 3.8) is 0 Å². The van der Waals surface area contributed by atoms with Crippen LogP contribution in [0.15, 0.2) is 29.2 Å². The van der Waals surface area contributed by atoms with Crippen LogP contribution in [0.5, 0.6) is 5.75 Å². The maximum atomic E-state index is 13.2. The number of amides is 1. The summed E-state index contributed by atoms with van der Waals surface area (Å²) in [5, 5.41) is 0. The van der Waals surface area contributed by atoms with Gasteiger partial charge in [0.2, 0.25) is 15.9 Å². The summed E-state index contributed by atoms with van der Waals surface area (Å²) in [6, 6.07) is 6.63. The van der Waals surface area contributed by atoms with Crippen molar-refractivity contribution in [3.8, 4) is 5.75 Å². The van der Waals surface area contributed by atoms with Gasteiger partial charge in [-0.2, -0.15) is 4.31 Å². The molecule has 1 amide bonds. The first-order chi connectivity index (χ1) is 12.5. The van der Waals surface area contributed by atoms with Gasteiger partial charge >= 0.3 is 0 Å². The summed E-state index contributed by atoms with van der Waals surface area (Å²) < 4.78 is 34.1. The highest BCUT2D eigenvalue weighted by molar-refractivity contribution is 7.89. The van der Waals surface area contributed by atoms with Crippen LogP contribution in [-0.4, -0.2) is 55.3 Å². The second-order valence-electron chi connectivity index (χ2n) is 7.48. The maximum absolute atomic E-state index is 13.2. The van der Waals surface area contributed by atoms with Gasteiger partial charge < -0.3 is 9.64 Å². The minimum atomic E-state index is -3.60. The standard InChI is InChI=1S/C19H26N2O4S/c1-2-21-15-9-11-20(19(22)13-14-7-8-14)12-10-16(15)25-17-5-3-4-6-18(17)26(21,23)24/h3-6,14-16H,2,7-13H2,1H3/t15-,16+/m1/s1. The molecule has 1 saturated heterocycles. The Morgan fingerprint density at radius 1 is 1.15 bits per heavy atom. The van der Waals surface area contributed by atoms with Crippen molar-refractivity contribution in [2.75, 3.05) is 19.6 Å². The van der Waals surface area contributed by atoms with Crippen molar-refractivity contribution in [2.45, 2.75) is 56.1 Å². The highest BCUT2D eigenvalue weighted by Crippen LogP contribution is 2.37. The van der Waals surface area contributed by atoms with Crippen LogP contribution >= 0.6 is 0 Å². The number of sulfonamides is 1. The Balaban J connectivity index is 1.61. The number of benzene rings is 1. The lowest BCUT2D eigenvalue weighted by molar-refractivity contribution is -0.131. The Labute approximate surface area is 155 Å². The van der Waals surface area contributed by atoms with E-state index < -0.39 is 10.0 Å². The zero-order valence-electron chi connectivity index (χ0n) is 15.1. The number of likely N-dealkylation sites (tertiary alicyclic amines) is 1. The van der Waals surface area contributed by atoms with E-state index in [1.54, 1.807) is 28.6 Å². The van der Waals surface area contributed by atoms with Crippen molar-refractivity contribution in [3.05, 3.63) is 24.3 Å². The molecule has 1 aliphatic carbocycles. The van der Waals surface area contributed by atoms with Crippen LogP contribution < -0.4 is 4.74 Å². The van der Waals surface area contributed by atoms with Crippen LogP contribution in [-0.2, 0) is 14.8 Å². The summed E-state index contributed by atoms with van der Waals surface area (Å²) in [4.78, 5) is 14.7. The van der Waals surface area contributed by atoms with Gasteiger partial charge in [0.25, 0.3) is 0 Å². The number of ether oxygens (including phenoxy) is 1. The number of fused-ring (bicyclic) bond motifs is 2. The number of rotatable bonds is 3. The first-order valence-corrected chi connectivity index (χ1v) is 11.0. The molecule has 0 unspecified atom stereocenters. The van der Waals surface area contributed by atoms with Crippen LogP contribution in [0.1, 0.15) is 39.0 Å². The van der Waals surface area contributed by atoms with Gasteiger partial charge in [0, 0.05) is 32.5 Å². The Hall–Kier alpha value is -1.60. The van der Waals surface area contributed by atoms with E-state index in [-0.39, 0.29) is 22.9 Å². The van der Waals surface area contributed by atoms with Crippen molar-refractivity contribution in [2.24, 2.45) is 5.92 Å². The van der Waals surface area contributed by atoms with Gasteiger partial charge in [0.1, 0.15) is 16.7 Å². The molecular weight excluding hydrogens is 352 g/mol. The predicted octanol–water partition coefficient (Wildman–Crippen LogP) is 2.25. The molecule has 6 nitrogen and oxygen atoms in total. The minimum Gasteiger partial charge on any atom is -0.487 e. The van der Waals surface area contributed by atoms with Crippen molar-refractivity contribution in [1.82, 2.24) is 9.21 Å². The van der Waals surface area contributed by atoms with Crippen LogP contribution in [0.4, 0.5) is 0 Å². The van der Waals surface area contributed by atoms with Gasteiger partial charge in [-0.3, -0.25) is 4.79 Å². The summed E-state index contributed by atoms with van der Waals surface area (Å²) in [6.07, 6.45) is 3.99. The zero-order chi connectivity index (χ0) is 18.3. The first-order valence-electron chi connectivity index (χ1n) is 9.56. The molecule has 0 N–H and O–H groups in total. The Bertz CT molecular complexity index is 790. The smallest absolute Gasteiger partial charge is 0.247 e. The molecule has 2 heterocycles. The van der Waals surface area contributed by atoms with E-state index in [0.717, 1.165) is 12.8 Å². The molecule has 0 bridgehead atoms. The lowest BCUT2D eigenvalue weighted by Gasteiger charge is -2.30. The SMILES string of the molecule is CCN1[C@@H]2CCN(C(=O)CC3CC3)CC[C@@H]2Oc2ccccc2S1(=O)=O. The van der Waals surface area contributed by atoms with E-state index in [4.69, 9.17) is 4.74 Å². The molecule has 7 heteroatoms. The lowest BCUT2D eigenvalue weighted by Crippen LogP contribution is -2.47. The molecule has 1 aromatic carbocycles. The molecule has 26 heavy (non-hydrogen) atoms. The Morgan fingerprint density at radius 2 is 1.88 bits per heavy atom. The number of carbonyl (C=O) groups excluding carboxylic acids is 1. The molecule has 2 aliphatic heterocycles. The van der Waals surface area contributed by atoms with E-state index in [1.807, 2.05) is 11.8 Å². The minimum absolute atomic E-state index is 0.204. The number of carbonyl (C=O) groups is 1. The van der Waals surface area contributed by atoms with Gasteiger partial charge in [-0.25, -0.2) is 8.42 Å². The highest BCUT2D eigenvalue weighted by atomic mass is 32.2. The fourth-order valence-corrected chi connectivity index (χ4v) is 5.92. The third-order valence-electron chi connectivity index (χ3n) is 5.72. The highest BCUT2D eigenvalue weighted by Gasteiger charge is 2.43. The van der Waals surface area contributed by atoms with Gasteiger partial charge in [-0.15, -0.1) is 0 Å². The molecule has 4 rings (SSSR count). The Kier molecular flexibility index (Phi) is 4.69. The molecule has 0 radical (unpaired) electrons. The van der Waals surface area contributed by atoms with Crippen molar-refractivity contribution in [1.29, 1.82) is 0 Å². The van der Waals surface area contributed by atoms with Crippen LogP contribution in [0.3, 0.4) is 0 Å². The van der Waals surface area contributed by atoms with Crippen LogP contribution in [0.2, 0.25) is 0 Å². The fraction of sp³-hybridized carbons (Fsp3) is 0.632. The monoisotopic (exact) mass is 378 g/mol. The fourth-order valence-electron chi connectivity index (χ4n) is 4.11. The summed E-state index contributed by atoms with van der Waals surface area (Å²) in [5.74, 6) is 1.19. The van der Waals surface area contributed by atoms with Gasteiger partial charge in [-0.05, 0) is 37.3 Å². The average Bonchev–Trinajstić information content (AvgIpc) is 3.44. The number of para-hydroxylation sites is 1. The zero-order valence-corrected chi connectivity index (χ0v) is 16.0. The molecular formula is C19H26N2O4S. The Morgan fingerprint density at radius 3 is 2.62 bits per heavy atom. The maximum Gasteiger partial charge on any atom is 0.247 e. The number of hydrogen-bond donors (Lipinski definition) is 0. The van der Waals surface area contributed by atoms with Gasteiger partial charge in [-0.1, -0.05) is 19.1 Å². The third-order valence-corrected chi connectivity index (χ3v) is 7.76. The molecule has 1 saturated carbocycles. The summed E-state index contributed by atoms with van der Waals surface area (Å²) >= 11 is 0. The van der Waals surface area contributed by atoms with E-state index in [1.165, 1.54) is 0 Å². The number of likely N-dealkylation sites (N-methyl/N-ethyl adjacent to an activating group) is 1. The van der Waals surface area contributed by atoms with Crippen LogP contribution in [0.25, 0.3) is 0 Å². The van der Waals surface area contributed by atoms with Gasteiger partial charge in [0.15, 0.2) is 0 Å². The number of hydrogen-bond acceptors (Lipinski definition) is 4. The molecule has 142 valence electrons. The molecule has 2 atom stereocenters. The van der Waals surface area contributed by atoms with Crippen LogP contribution in [0, 0.1) is 5.92 Å². The third kappa shape index (κ3) is 3.22. The van der Waals surface area contributed by atoms with Crippen molar-refractivity contribution < 1.29 is 17.9 Å². The summed E-state index contributed by atoms with van der Waals surface area (Å²) in [6.45, 7) is 3.49. The number of nitrogens with zero attached hydrogens (tertiary/aromatic N) is 2. The average molecular weight is 378 g/mol. The topological polar surface area (TPSA) is 66.9 Å². The van der Waals surface area contributed by atoms with E-state index in [9.17, 15) is 13.2 Å². The quantitative estimate of drug-likeness (QED) is 0.809. The largest absolute Gasteiger partial charge is 0.487 e. The second-order valence-corrected chi connectivity index (χ2v) is 9.34. The molecule has 0 aromatic heterocycles. The molecule has 2 fully saturated rings. The van der Waals surface area contributed by atoms with Crippen molar-refractivity contribution >= 4 is 15.9 Å². The van der Waals surface area contributed by atoms with Gasteiger partial charge in [0.05, 0.1) is 6.04 Å². The normalized spacial score (nSPS) is 28.3. The summed E-state index contributed by atoms with van der Waals surface area (Å²) in [5.41, 5.74) is 0. The predicted molar refractivity (Wildman–Crippen MR) is 97.4 cm³/mol. The molecule has 3 aliphatic rings. The van der Waals surface area contributed by atoms with E-state index >= 15 is 0 Å². The lowest BCUT2D eigenvalue weighted by atomic mass is 10.1. The second kappa shape index (κ2) is 6.85.